The Kier molecular flexibility index (Phi) is 4.29. The molecule has 0 saturated carbocycles. The highest BCUT2D eigenvalue weighted by atomic mass is 32.2. The summed E-state index contributed by atoms with van der Waals surface area (Å²) in [5, 5.41) is 9.20. The number of hydrogen-bond acceptors (Lipinski definition) is 4. The number of likely N-dealkylation sites (N-methyl/N-ethyl adjacent to an activating group) is 1. The Balaban J connectivity index is 2.96. The number of aliphatic hydroxyl groups excluding tert-OH is 1. The second-order valence-electron chi connectivity index (χ2n) is 4.39. The van der Waals surface area contributed by atoms with Gasteiger partial charge in [-0.2, -0.15) is 4.31 Å². The first-order valence-corrected chi connectivity index (χ1v) is 6.87. The molecular weight excluding hydrogens is 242 g/mol. The maximum atomic E-state index is 12.0. The van der Waals surface area contributed by atoms with Gasteiger partial charge >= 0.3 is 0 Å². The first-order valence-electron chi connectivity index (χ1n) is 5.43. The molecule has 1 rings (SSSR count). The summed E-state index contributed by atoms with van der Waals surface area (Å²) in [5.41, 5.74) is 0. The van der Waals surface area contributed by atoms with E-state index in [0.29, 0.717) is 0 Å². The van der Waals surface area contributed by atoms with Crippen LogP contribution < -0.4 is 0 Å². The van der Waals surface area contributed by atoms with Gasteiger partial charge in [0.1, 0.15) is 0 Å². The monoisotopic (exact) mass is 261 g/mol. The molecule has 0 amide bonds. The van der Waals surface area contributed by atoms with Gasteiger partial charge in [-0.3, -0.25) is 0 Å². The Morgan fingerprint density at radius 2 is 2.06 bits per heavy atom. The summed E-state index contributed by atoms with van der Waals surface area (Å²) in [6.07, 6.45) is 2.29. The second-order valence-corrected chi connectivity index (χ2v) is 6.38. The van der Waals surface area contributed by atoms with Crippen LogP contribution in [0.4, 0.5) is 0 Å². The molecule has 6 nitrogen and oxygen atoms in total. The Morgan fingerprint density at radius 3 is 2.47 bits per heavy atom. The van der Waals surface area contributed by atoms with Crippen LogP contribution in [0.15, 0.2) is 17.6 Å². The minimum atomic E-state index is -3.61. The Labute approximate surface area is 102 Å². The average molecular weight is 261 g/mol. The van der Waals surface area contributed by atoms with Crippen molar-refractivity contribution in [3.8, 4) is 0 Å². The molecule has 0 aliphatic heterocycles. The van der Waals surface area contributed by atoms with Crippen molar-refractivity contribution in [1.29, 1.82) is 0 Å². The molecule has 0 spiro atoms. The van der Waals surface area contributed by atoms with Crippen LogP contribution >= 0.6 is 0 Å². The van der Waals surface area contributed by atoms with E-state index in [9.17, 15) is 13.5 Å². The van der Waals surface area contributed by atoms with Gasteiger partial charge in [0, 0.05) is 25.8 Å². The van der Waals surface area contributed by atoms with Crippen molar-refractivity contribution >= 4 is 10.0 Å². The molecule has 0 aromatic carbocycles. The predicted octanol–water partition coefficient (Wildman–Crippen LogP) is 0.465. The van der Waals surface area contributed by atoms with Gasteiger partial charge in [0.05, 0.1) is 12.4 Å². The van der Waals surface area contributed by atoms with Crippen molar-refractivity contribution < 1.29 is 13.5 Å². The lowest BCUT2D eigenvalue weighted by molar-refractivity contribution is 0.171. The number of imidazole rings is 1. The fraction of sp³-hybridized carbons (Fsp3) is 0.700. The SMILES string of the molecule is CC(O)CN(C)S(=O)(=O)c1cn(C(C)C)cn1. The number of nitrogens with zero attached hydrogens (tertiary/aromatic N) is 3. The number of aliphatic hydroxyl groups is 1. The van der Waals surface area contributed by atoms with E-state index in [1.807, 2.05) is 13.8 Å². The van der Waals surface area contributed by atoms with Gasteiger partial charge in [0.25, 0.3) is 10.0 Å². The number of aromatic nitrogens is 2. The summed E-state index contributed by atoms with van der Waals surface area (Å²) in [6, 6.07) is 0.161. The van der Waals surface area contributed by atoms with E-state index < -0.39 is 16.1 Å². The maximum Gasteiger partial charge on any atom is 0.261 e. The smallest absolute Gasteiger partial charge is 0.261 e. The molecule has 0 saturated heterocycles. The molecular formula is C10H19N3O3S. The highest BCUT2D eigenvalue weighted by Gasteiger charge is 2.24. The van der Waals surface area contributed by atoms with Crippen LogP contribution in [0.1, 0.15) is 26.8 Å². The fourth-order valence-electron chi connectivity index (χ4n) is 1.36. The minimum absolute atomic E-state index is 0.00866. The number of sulfonamides is 1. The van der Waals surface area contributed by atoms with Crippen molar-refractivity contribution in [3.05, 3.63) is 12.5 Å². The van der Waals surface area contributed by atoms with E-state index in [0.717, 1.165) is 4.31 Å². The fourth-order valence-corrected chi connectivity index (χ4v) is 2.53. The van der Waals surface area contributed by atoms with Crippen LogP contribution in [0.25, 0.3) is 0 Å². The summed E-state index contributed by atoms with van der Waals surface area (Å²) in [7, 11) is -2.18. The first-order chi connectivity index (χ1) is 7.75. The largest absolute Gasteiger partial charge is 0.392 e. The molecule has 1 aromatic heterocycles. The zero-order valence-electron chi connectivity index (χ0n) is 10.5. The molecule has 0 radical (unpaired) electrons. The molecule has 0 fully saturated rings. The highest BCUT2D eigenvalue weighted by molar-refractivity contribution is 7.89. The third kappa shape index (κ3) is 3.27. The zero-order valence-corrected chi connectivity index (χ0v) is 11.3. The van der Waals surface area contributed by atoms with Gasteiger partial charge in [-0.1, -0.05) is 0 Å². The molecule has 1 heterocycles. The molecule has 1 atom stereocenters. The summed E-state index contributed by atoms with van der Waals surface area (Å²) >= 11 is 0. The molecule has 0 bridgehead atoms. The maximum absolute atomic E-state index is 12.0. The Bertz CT molecular complexity index is 465. The average Bonchev–Trinajstić information content (AvgIpc) is 2.65. The number of rotatable bonds is 5. The molecule has 1 N–H and O–H groups in total. The van der Waals surface area contributed by atoms with Crippen molar-refractivity contribution in [2.75, 3.05) is 13.6 Å². The summed E-state index contributed by atoms with van der Waals surface area (Å²) < 4.78 is 26.9. The summed E-state index contributed by atoms with van der Waals surface area (Å²) in [6.45, 7) is 5.48. The molecule has 17 heavy (non-hydrogen) atoms. The van der Waals surface area contributed by atoms with E-state index >= 15 is 0 Å². The van der Waals surface area contributed by atoms with Gasteiger partial charge in [0.15, 0.2) is 5.03 Å². The molecule has 1 unspecified atom stereocenters. The lowest BCUT2D eigenvalue weighted by Crippen LogP contribution is -2.33. The molecule has 1 aromatic rings. The Hall–Kier alpha value is -0.920. The van der Waals surface area contributed by atoms with Crippen molar-refractivity contribution in [2.45, 2.75) is 37.9 Å². The quantitative estimate of drug-likeness (QED) is 0.835. The van der Waals surface area contributed by atoms with Gasteiger partial charge in [-0.05, 0) is 20.8 Å². The van der Waals surface area contributed by atoms with Gasteiger partial charge in [0.2, 0.25) is 0 Å². The van der Waals surface area contributed by atoms with Gasteiger partial charge in [-0.25, -0.2) is 13.4 Å². The normalized spacial score (nSPS) is 14.5. The van der Waals surface area contributed by atoms with E-state index in [1.165, 1.54) is 19.6 Å². The molecule has 0 aliphatic rings. The third-order valence-electron chi connectivity index (χ3n) is 2.37. The summed E-state index contributed by atoms with van der Waals surface area (Å²) in [5.74, 6) is 0. The topological polar surface area (TPSA) is 75.4 Å². The zero-order chi connectivity index (χ0) is 13.2. The van der Waals surface area contributed by atoms with Crippen LogP contribution in [0, 0.1) is 0 Å². The highest BCUT2D eigenvalue weighted by Crippen LogP contribution is 2.14. The van der Waals surface area contributed by atoms with E-state index in [2.05, 4.69) is 4.98 Å². The van der Waals surface area contributed by atoms with E-state index in [4.69, 9.17) is 0 Å². The standard InChI is InChI=1S/C10H19N3O3S/c1-8(2)13-6-10(11-7-13)17(15,16)12(4)5-9(3)14/h6-9,14H,5H2,1-4H3. The van der Waals surface area contributed by atoms with Crippen LogP contribution in [0.5, 0.6) is 0 Å². The van der Waals surface area contributed by atoms with E-state index in [-0.39, 0.29) is 17.6 Å². The van der Waals surface area contributed by atoms with Gasteiger partial charge in [-0.15, -0.1) is 0 Å². The minimum Gasteiger partial charge on any atom is -0.392 e. The van der Waals surface area contributed by atoms with Crippen LogP contribution in [-0.2, 0) is 10.0 Å². The van der Waals surface area contributed by atoms with Crippen molar-refractivity contribution in [2.24, 2.45) is 0 Å². The Morgan fingerprint density at radius 1 is 1.47 bits per heavy atom. The number of hydrogen-bond donors (Lipinski definition) is 1. The second kappa shape index (κ2) is 5.16. The summed E-state index contributed by atoms with van der Waals surface area (Å²) in [4.78, 5) is 3.89. The van der Waals surface area contributed by atoms with Gasteiger partial charge < -0.3 is 9.67 Å². The van der Waals surface area contributed by atoms with Crippen molar-refractivity contribution in [3.63, 3.8) is 0 Å². The first kappa shape index (κ1) is 14.1. The van der Waals surface area contributed by atoms with Crippen LogP contribution in [0.3, 0.4) is 0 Å². The molecule has 7 heteroatoms. The lowest BCUT2D eigenvalue weighted by Gasteiger charge is -2.16. The third-order valence-corrected chi connectivity index (χ3v) is 4.08. The van der Waals surface area contributed by atoms with Crippen LogP contribution in [-0.4, -0.2) is 47.1 Å². The van der Waals surface area contributed by atoms with Crippen LogP contribution in [0.2, 0.25) is 0 Å². The molecule has 98 valence electrons. The van der Waals surface area contributed by atoms with Crippen molar-refractivity contribution in [1.82, 2.24) is 13.9 Å². The predicted molar refractivity (Wildman–Crippen MR) is 64.1 cm³/mol. The van der Waals surface area contributed by atoms with E-state index in [1.54, 1.807) is 11.5 Å². The lowest BCUT2D eigenvalue weighted by atomic mass is 10.4. The molecule has 0 aliphatic carbocycles.